The van der Waals surface area contributed by atoms with Crippen molar-refractivity contribution in [2.45, 2.75) is 39.0 Å². The number of rotatable bonds is 2. The van der Waals surface area contributed by atoms with Gasteiger partial charge in [0.1, 0.15) is 0 Å². The van der Waals surface area contributed by atoms with E-state index in [0.29, 0.717) is 17.8 Å². The highest BCUT2D eigenvalue weighted by Crippen LogP contribution is 2.40. The first-order valence-electron chi connectivity index (χ1n) is 6.49. The van der Waals surface area contributed by atoms with Gasteiger partial charge in [-0.05, 0) is 49.9 Å². The quantitative estimate of drug-likeness (QED) is 0.787. The molecule has 1 N–H and O–H groups in total. The summed E-state index contributed by atoms with van der Waals surface area (Å²) in [6, 6.07) is 0. The topological polar surface area (TPSA) is 46.5 Å². The van der Waals surface area contributed by atoms with Crippen molar-refractivity contribution in [3.8, 4) is 0 Å². The van der Waals surface area contributed by atoms with Crippen LogP contribution >= 0.6 is 0 Å². The molecule has 1 saturated carbocycles. The lowest BCUT2D eigenvalue weighted by atomic mass is 9.68. The van der Waals surface area contributed by atoms with Crippen molar-refractivity contribution < 1.29 is 14.6 Å². The second-order valence-corrected chi connectivity index (χ2v) is 5.50. The molecule has 0 bridgehead atoms. The molecule has 3 nitrogen and oxygen atoms in total. The van der Waals surface area contributed by atoms with Crippen LogP contribution in [0, 0.1) is 23.7 Å². The highest BCUT2D eigenvalue weighted by atomic mass is 16.5. The first-order chi connectivity index (χ1) is 7.68. The molecule has 3 heteroatoms. The third kappa shape index (κ3) is 2.57. The average Bonchev–Trinajstić information content (AvgIpc) is 2.29. The van der Waals surface area contributed by atoms with Gasteiger partial charge in [-0.1, -0.05) is 6.92 Å². The van der Waals surface area contributed by atoms with Crippen molar-refractivity contribution in [1.29, 1.82) is 0 Å². The van der Waals surface area contributed by atoms with Crippen LogP contribution in [0.3, 0.4) is 0 Å². The molecule has 0 aromatic carbocycles. The Morgan fingerprint density at radius 1 is 1.31 bits per heavy atom. The zero-order valence-corrected chi connectivity index (χ0v) is 10.0. The molecule has 0 spiro atoms. The lowest BCUT2D eigenvalue weighted by Crippen LogP contribution is -2.38. The van der Waals surface area contributed by atoms with Gasteiger partial charge >= 0.3 is 5.97 Å². The highest BCUT2D eigenvalue weighted by molar-refractivity contribution is 5.70. The van der Waals surface area contributed by atoms with Gasteiger partial charge in [0.15, 0.2) is 0 Å². The molecule has 92 valence electrons. The largest absolute Gasteiger partial charge is 0.481 e. The molecule has 0 aromatic rings. The molecule has 2 rings (SSSR count). The Morgan fingerprint density at radius 2 is 2.12 bits per heavy atom. The minimum absolute atomic E-state index is 0.122. The van der Waals surface area contributed by atoms with Gasteiger partial charge < -0.3 is 9.84 Å². The van der Waals surface area contributed by atoms with Crippen LogP contribution in [0.1, 0.15) is 39.0 Å². The summed E-state index contributed by atoms with van der Waals surface area (Å²) in [6.07, 6.45) is 5.26. The number of hydrogen-bond acceptors (Lipinski definition) is 2. The van der Waals surface area contributed by atoms with Crippen LogP contribution in [-0.4, -0.2) is 24.3 Å². The second kappa shape index (κ2) is 5.17. The molecule has 4 unspecified atom stereocenters. The number of aliphatic carboxylic acids is 1. The fourth-order valence-electron chi connectivity index (χ4n) is 3.36. The first kappa shape index (κ1) is 11.9. The zero-order valence-electron chi connectivity index (χ0n) is 10.0. The van der Waals surface area contributed by atoms with Gasteiger partial charge in [-0.3, -0.25) is 4.79 Å². The molecule has 2 aliphatic rings. The van der Waals surface area contributed by atoms with E-state index in [1.807, 2.05) is 0 Å². The number of carboxylic acid groups (broad SMARTS) is 1. The smallest absolute Gasteiger partial charge is 0.306 e. The minimum atomic E-state index is -0.595. The molecule has 16 heavy (non-hydrogen) atoms. The van der Waals surface area contributed by atoms with Gasteiger partial charge in [0, 0.05) is 13.2 Å². The predicted octanol–water partition coefficient (Wildman–Crippen LogP) is 2.55. The summed E-state index contributed by atoms with van der Waals surface area (Å²) in [5.41, 5.74) is 0. The Hall–Kier alpha value is -0.570. The summed E-state index contributed by atoms with van der Waals surface area (Å²) in [4.78, 5) is 11.3. The van der Waals surface area contributed by atoms with E-state index in [1.54, 1.807) is 0 Å². The number of hydrogen-bond donors (Lipinski definition) is 1. The van der Waals surface area contributed by atoms with Gasteiger partial charge in [0.2, 0.25) is 0 Å². The van der Waals surface area contributed by atoms with Gasteiger partial charge in [0.25, 0.3) is 0 Å². The van der Waals surface area contributed by atoms with Crippen molar-refractivity contribution in [2.24, 2.45) is 23.7 Å². The van der Waals surface area contributed by atoms with Crippen molar-refractivity contribution in [3.05, 3.63) is 0 Å². The molecule has 1 aliphatic carbocycles. The number of ether oxygens (including phenoxy) is 1. The molecule has 0 radical (unpaired) electrons. The lowest BCUT2D eigenvalue weighted by Gasteiger charge is -2.39. The Balaban J connectivity index is 2.03. The van der Waals surface area contributed by atoms with Crippen LogP contribution in [0.5, 0.6) is 0 Å². The van der Waals surface area contributed by atoms with Crippen molar-refractivity contribution in [2.75, 3.05) is 13.2 Å². The molecule has 0 amide bonds. The van der Waals surface area contributed by atoms with Crippen LogP contribution in [0.15, 0.2) is 0 Å². The van der Waals surface area contributed by atoms with E-state index >= 15 is 0 Å². The van der Waals surface area contributed by atoms with Crippen LogP contribution in [-0.2, 0) is 9.53 Å². The Bertz CT molecular complexity index is 246. The van der Waals surface area contributed by atoms with Crippen LogP contribution < -0.4 is 0 Å². The summed E-state index contributed by atoms with van der Waals surface area (Å²) in [5, 5.41) is 9.28. The van der Waals surface area contributed by atoms with E-state index in [9.17, 15) is 9.90 Å². The SMILES string of the molecule is CC1CCC(C(=O)O)C(C2CCCOC2)C1. The maximum absolute atomic E-state index is 11.3. The van der Waals surface area contributed by atoms with E-state index < -0.39 is 5.97 Å². The molecular formula is C13H22O3. The van der Waals surface area contributed by atoms with Crippen LogP contribution in [0.25, 0.3) is 0 Å². The summed E-state index contributed by atoms with van der Waals surface area (Å²) in [7, 11) is 0. The van der Waals surface area contributed by atoms with Gasteiger partial charge in [-0.2, -0.15) is 0 Å². The maximum atomic E-state index is 11.3. The normalized spacial score (nSPS) is 40.6. The monoisotopic (exact) mass is 226 g/mol. The summed E-state index contributed by atoms with van der Waals surface area (Å²) in [6.45, 7) is 3.88. The minimum Gasteiger partial charge on any atom is -0.481 e. The van der Waals surface area contributed by atoms with E-state index in [-0.39, 0.29) is 5.92 Å². The Labute approximate surface area is 97.2 Å². The summed E-state index contributed by atoms with van der Waals surface area (Å²) < 4.78 is 5.51. The lowest BCUT2D eigenvalue weighted by molar-refractivity contribution is -0.147. The molecule has 0 aromatic heterocycles. The van der Waals surface area contributed by atoms with E-state index in [2.05, 4.69) is 6.92 Å². The fourth-order valence-corrected chi connectivity index (χ4v) is 3.36. The fraction of sp³-hybridized carbons (Fsp3) is 0.923. The molecule has 4 atom stereocenters. The molecular weight excluding hydrogens is 204 g/mol. The zero-order chi connectivity index (χ0) is 11.5. The van der Waals surface area contributed by atoms with Crippen LogP contribution in [0.2, 0.25) is 0 Å². The third-order valence-electron chi connectivity index (χ3n) is 4.28. The summed E-state index contributed by atoms with van der Waals surface area (Å²) >= 11 is 0. The molecule has 1 saturated heterocycles. The highest BCUT2D eigenvalue weighted by Gasteiger charge is 2.38. The Morgan fingerprint density at radius 3 is 2.75 bits per heavy atom. The standard InChI is InChI=1S/C13H22O3/c1-9-4-5-11(13(14)15)12(7-9)10-3-2-6-16-8-10/h9-12H,2-8H2,1H3,(H,14,15). The average molecular weight is 226 g/mol. The maximum Gasteiger partial charge on any atom is 0.306 e. The predicted molar refractivity (Wildman–Crippen MR) is 61.2 cm³/mol. The van der Waals surface area contributed by atoms with Gasteiger partial charge in [-0.15, -0.1) is 0 Å². The van der Waals surface area contributed by atoms with Crippen molar-refractivity contribution >= 4 is 5.97 Å². The molecule has 1 aliphatic heterocycles. The van der Waals surface area contributed by atoms with Crippen LogP contribution in [0.4, 0.5) is 0 Å². The first-order valence-corrected chi connectivity index (χ1v) is 6.49. The third-order valence-corrected chi connectivity index (χ3v) is 4.28. The molecule has 1 heterocycles. The van der Waals surface area contributed by atoms with Gasteiger partial charge in [0.05, 0.1) is 5.92 Å². The van der Waals surface area contributed by atoms with E-state index in [4.69, 9.17) is 4.74 Å². The number of carbonyl (C=O) groups is 1. The molecule has 2 fully saturated rings. The number of carboxylic acids is 1. The van der Waals surface area contributed by atoms with Crippen molar-refractivity contribution in [3.63, 3.8) is 0 Å². The van der Waals surface area contributed by atoms with Gasteiger partial charge in [-0.25, -0.2) is 0 Å². The summed E-state index contributed by atoms with van der Waals surface area (Å²) in [5.74, 6) is 0.798. The van der Waals surface area contributed by atoms with E-state index in [0.717, 1.165) is 45.3 Å². The second-order valence-electron chi connectivity index (χ2n) is 5.50. The Kier molecular flexibility index (Phi) is 3.85. The van der Waals surface area contributed by atoms with Crippen molar-refractivity contribution in [1.82, 2.24) is 0 Å². The van der Waals surface area contributed by atoms with E-state index in [1.165, 1.54) is 0 Å².